The van der Waals surface area contributed by atoms with Crippen molar-refractivity contribution in [2.45, 2.75) is 11.1 Å². The topological polar surface area (TPSA) is 84.1 Å². The number of ether oxygens (including phenoxy) is 1. The zero-order valence-corrected chi connectivity index (χ0v) is 13.2. The van der Waals surface area contributed by atoms with Crippen LogP contribution in [0.3, 0.4) is 0 Å². The molecule has 0 aliphatic carbocycles. The number of hydrogen-bond acceptors (Lipinski definition) is 6. The Balaban J connectivity index is 2.34. The lowest BCUT2D eigenvalue weighted by molar-refractivity contribution is 0.0554. The molecule has 0 bridgehead atoms. The van der Waals surface area contributed by atoms with Crippen molar-refractivity contribution in [3.8, 4) is 0 Å². The van der Waals surface area contributed by atoms with E-state index in [9.17, 15) is 13.5 Å². The molecule has 1 unspecified atom stereocenters. The summed E-state index contributed by atoms with van der Waals surface area (Å²) in [7, 11) is -1.04. The van der Waals surface area contributed by atoms with Gasteiger partial charge in [-0.1, -0.05) is 11.6 Å². The van der Waals surface area contributed by atoms with E-state index in [4.69, 9.17) is 16.3 Å². The molecule has 20 heavy (non-hydrogen) atoms. The van der Waals surface area contributed by atoms with Gasteiger partial charge in [0, 0.05) is 32.3 Å². The van der Waals surface area contributed by atoms with Crippen molar-refractivity contribution < 1.29 is 18.3 Å². The highest BCUT2D eigenvalue weighted by Gasteiger charge is 2.30. The number of aliphatic hydroxyl groups excluding tert-OH is 1. The first-order valence-corrected chi connectivity index (χ1v) is 8.32. The monoisotopic (exact) mass is 339 g/mol. The van der Waals surface area contributed by atoms with Gasteiger partial charge in [0.2, 0.25) is 0 Å². The van der Waals surface area contributed by atoms with Crippen LogP contribution >= 0.6 is 22.9 Å². The quantitative estimate of drug-likeness (QED) is 0.836. The Kier molecular flexibility index (Phi) is 4.67. The molecule has 2 aromatic heterocycles. The Hall–Kier alpha value is -0.710. The van der Waals surface area contributed by atoms with E-state index in [1.807, 2.05) is 0 Å². The van der Waals surface area contributed by atoms with Gasteiger partial charge < -0.3 is 9.84 Å². The van der Waals surface area contributed by atoms with Crippen LogP contribution in [-0.4, -0.2) is 60.6 Å². The van der Waals surface area contributed by atoms with Crippen molar-refractivity contribution in [3.63, 3.8) is 0 Å². The van der Waals surface area contributed by atoms with E-state index in [0.29, 0.717) is 4.96 Å². The van der Waals surface area contributed by atoms with Gasteiger partial charge >= 0.3 is 0 Å². The molecule has 0 aliphatic heterocycles. The van der Waals surface area contributed by atoms with Crippen LogP contribution in [0, 0.1) is 0 Å². The summed E-state index contributed by atoms with van der Waals surface area (Å²) in [5.41, 5.74) is 0. The fourth-order valence-electron chi connectivity index (χ4n) is 1.76. The fraction of sp³-hybridized carbons (Fsp3) is 0.500. The SMILES string of the molecule is COCC(O)CN(C)S(=O)(=O)c1c(Cl)nc2sccn12. The van der Waals surface area contributed by atoms with Gasteiger partial charge in [0.15, 0.2) is 15.1 Å². The van der Waals surface area contributed by atoms with Gasteiger partial charge in [0.25, 0.3) is 10.0 Å². The van der Waals surface area contributed by atoms with Crippen molar-refractivity contribution in [1.82, 2.24) is 13.7 Å². The Bertz CT molecular complexity index is 696. The largest absolute Gasteiger partial charge is 0.389 e. The number of rotatable bonds is 6. The smallest absolute Gasteiger partial charge is 0.262 e. The first-order valence-electron chi connectivity index (χ1n) is 5.62. The number of aromatic nitrogens is 2. The Morgan fingerprint density at radius 1 is 1.65 bits per heavy atom. The standard InChI is InChI=1S/C10H14ClN3O4S2/c1-13(5-7(15)6-18-2)20(16,17)9-8(11)12-10-14(9)3-4-19-10/h3-4,7,15H,5-6H2,1-2H3. The van der Waals surface area contributed by atoms with Gasteiger partial charge in [-0.2, -0.15) is 4.31 Å². The summed E-state index contributed by atoms with van der Waals surface area (Å²) >= 11 is 7.20. The molecule has 2 heterocycles. The van der Waals surface area contributed by atoms with Crippen LogP contribution in [0.2, 0.25) is 5.15 Å². The van der Waals surface area contributed by atoms with Crippen LogP contribution in [-0.2, 0) is 14.8 Å². The molecule has 112 valence electrons. The normalized spacial score (nSPS) is 14.2. The number of fused-ring (bicyclic) bond motifs is 1. The Labute approximate surface area is 125 Å². The van der Waals surface area contributed by atoms with E-state index in [2.05, 4.69) is 4.98 Å². The van der Waals surface area contributed by atoms with E-state index < -0.39 is 16.1 Å². The van der Waals surface area contributed by atoms with Gasteiger partial charge in [-0.15, -0.1) is 11.3 Å². The second-order valence-corrected chi connectivity index (χ2v) is 7.35. The molecule has 0 radical (unpaired) electrons. The number of sulfonamides is 1. The maximum atomic E-state index is 12.5. The minimum absolute atomic E-state index is 0.0495. The maximum absolute atomic E-state index is 12.5. The average molecular weight is 340 g/mol. The number of likely N-dealkylation sites (N-methyl/N-ethyl adjacent to an activating group) is 1. The molecular formula is C10H14ClN3O4S2. The van der Waals surface area contributed by atoms with E-state index in [1.54, 1.807) is 11.6 Å². The molecule has 0 spiro atoms. The molecule has 0 fully saturated rings. The predicted molar refractivity (Wildman–Crippen MR) is 75.8 cm³/mol. The summed E-state index contributed by atoms with van der Waals surface area (Å²) in [6, 6.07) is 0. The van der Waals surface area contributed by atoms with E-state index in [0.717, 1.165) is 4.31 Å². The maximum Gasteiger partial charge on any atom is 0.262 e. The number of nitrogens with zero attached hydrogens (tertiary/aromatic N) is 3. The Morgan fingerprint density at radius 3 is 3.00 bits per heavy atom. The molecule has 0 aliphatic rings. The summed E-state index contributed by atoms with van der Waals surface area (Å²) in [6.07, 6.45) is 0.676. The minimum atomic E-state index is -3.84. The fourth-order valence-corrected chi connectivity index (χ4v) is 4.36. The molecule has 0 amide bonds. The molecule has 1 N–H and O–H groups in total. The highest BCUT2D eigenvalue weighted by molar-refractivity contribution is 7.89. The lowest BCUT2D eigenvalue weighted by Gasteiger charge is -2.19. The summed E-state index contributed by atoms with van der Waals surface area (Å²) in [5, 5.41) is 11.2. The lowest BCUT2D eigenvalue weighted by Crippen LogP contribution is -2.36. The van der Waals surface area contributed by atoms with Crippen LogP contribution in [0.25, 0.3) is 4.96 Å². The van der Waals surface area contributed by atoms with E-state index in [-0.39, 0.29) is 23.3 Å². The zero-order chi connectivity index (χ0) is 14.9. The summed E-state index contributed by atoms with van der Waals surface area (Å²) in [4.78, 5) is 4.49. The molecule has 10 heteroatoms. The lowest BCUT2D eigenvalue weighted by atomic mass is 10.4. The number of hydrogen-bond donors (Lipinski definition) is 1. The third-order valence-electron chi connectivity index (χ3n) is 2.66. The van der Waals surface area contributed by atoms with Gasteiger partial charge in [-0.05, 0) is 0 Å². The molecule has 7 nitrogen and oxygen atoms in total. The van der Waals surface area contributed by atoms with Crippen LogP contribution in [0.4, 0.5) is 0 Å². The molecule has 0 aromatic carbocycles. The first kappa shape index (κ1) is 15.7. The molecule has 0 saturated carbocycles. The number of halogens is 1. The van der Waals surface area contributed by atoms with Gasteiger partial charge in [-0.25, -0.2) is 13.4 Å². The van der Waals surface area contributed by atoms with Crippen molar-refractivity contribution in [1.29, 1.82) is 0 Å². The highest BCUT2D eigenvalue weighted by atomic mass is 35.5. The second-order valence-electron chi connectivity index (χ2n) is 4.16. The van der Waals surface area contributed by atoms with Crippen LogP contribution in [0.5, 0.6) is 0 Å². The van der Waals surface area contributed by atoms with E-state index in [1.165, 1.54) is 29.9 Å². The summed E-state index contributed by atoms with van der Waals surface area (Å²) in [5.74, 6) is 0. The van der Waals surface area contributed by atoms with Crippen molar-refractivity contribution >= 4 is 37.9 Å². The summed E-state index contributed by atoms with van der Waals surface area (Å²) < 4.78 is 32.2. The molecule has 2 aromatic rings. The molecular weight excluding hydrogens is 326 g/mol. The van der Waals surface area contributed by atoms with Crippen LogP contribution in [0.15, 0.2) is 16.6 Å². The van der Waals surface area contributed by atoms with Gasteiger partial charge in [0.1, 0.15) is 0 Å². The van der Waals surface area contributed by atoms with Crippen LogP contribution < -0.4 is 0 Å². The van der Waals surface area contributed by atoms with Crippen molar-refractivity contribution in [2.75, 3.05) is 27.3 Å². The van der Waals surface area contributed by atoms with Crippen molar-refractivity contribution in [3.05, 3.63) is 16.7 Å². The predicted octanol–water partition coefficient (Wildman–Crippen LogP) is 0.677. The third-order valence-corrected chi connectivity index (χ3v) is 5.64. The van der Waals surface area contributed by atoms with Crippen LogP contribution in [0.1, 0.15) is 0 Å². The number of imidazole rings is 1. The van der Waals surface area contributed by atoms with Gasteiger partial charge in [0.05, 0.1) is 12.7 Å². The minimum Gasteiger partial charge on any atom is -0.389 e. The van der Waals surface area contributed by atoms with Gasteiger partial charge in [-0.3, -0.25) is 4.40 Å². The second kappa shape index (κ2) is 5.96. The average Bonchev–Trinajstić information content (AvgIpc) is 2.87. The Morgan fingerprint density at radius 2 is 2.35 bits per heavy atom. The molecule has 0 saturated heterocycles. The number of methoxy groups -OCH3 is 1. The highest BCUT2D eigenvalue weighted by Crippen LogP contribution is 2.27. The zero-order valence-electron chi connectivity index (χ0n) is 10.9. The first-order chi connectivity index (χ1) is 9.37. The third kappa shape index (κ3) is 2.83. The summed E-state index contributed by atoms with van der Waals surface area (Å²) in [6.45, 7) is -0.0439. The van der Waals surface area contributed by atoms with Crippen molar-refractivity contribution in [2.24, 2.45) is 0 Å². The molecule has 1 atom stereocenters. The number of thiazole rings is 1. The van der Waals surface area contributed by atoms with E-state index >= 15 is 0 Å². The molecule has 2 rings (SSSR count). The number of aliphatic hydroxyl groups is 1.